The van der Waals surface area contributed by atoms with Crippen molar-refractivity contribution in [1.29, 1.82) is 0 Å². The lowest BCUT2D eigenvalue weighted by Crippen LogP contribution is -2.40. The van der Waals surface area contributed by atoms with Gasteiger partial charge >= 0.3 is 0 Å². The molecule has 1 fully saturated rings. The number of amides is 2. The molecule has 8 nitrogen and oxygen atoms in total. The van der Waals surface area contributed by atoms with E-state index in [0.29, 0.717) is 42.9 Å². The summed E-state index contributed by atoms with van der Waals surface area (Å²) >= 11 is 1.56. The van der Waals surface area contributed by atoms with E-state index in [9.17, 15) is 18.4 Å². The SMILES string of the molecule is CC(C)Nc1cc(Nc2ccc3ncsc3c2)ncc1C(=O)NCC[C@@H](C)NC(=O)CC1CCCCC1(F)F. The number of aromatic nitrogens is 2. The number of thiazole rings is 1. The van der Waals surface area contributed by atoms with Crippen LogP contribution in [0.25, 0.3) is 10.2 Å². The van der Waals surface area contributed by atoms with Gasteiger partial charge in [-0.05, 0) is 58.2 Å². The number of benzene rings is 1. The number of nitrogens with zero attached hydrogens (tertiary/aromatic N) is 2. The van der Waals surface area contributed by atoms with Crippen molar-refractivity contribution in [2.45, 2.75) is 77.3 Å². The van der Waals surface area contributed by atoms with Crippen molar-refractivity contribution in [1.82, 2.24) is 20.6 Å². The van der Waals surface area contributed by atoms with Gasteiger partial charge in [0.05, 0.1) is 27.0 Å². The van der Waals surface area contributed by atoms with Gasteiger partial charge in [0.25, 0.3) is 11.8 Å². The first-order valence-corrected chi connectivity index (χ1v) is 14.3. The van der Waals surface area contributed by atoms with Crippen LogP contribution >= 0.6 is 11.3 Å². The van der Waals surface area contributed by atoms with Crippen LogP contribution in [0.4, 0.5) is 26.0 Å². The summed E-state index contributed by atoms with van der Waals surface area (Å²) in [5.74, 6) is -3.73. The topological polar surface area (TPSA) is 108 Å². The molecule has 1 aromatic carbocycles. The maximum absolute atomic E-state index is 14.1. The standard InChI is InChI=1S/C28H36F2N6O2S/c1-17(2)34-23-14-25(36-20-7-8-22-24(13-20)39-16-33-22)32-15-21(23)27(38)31-11-9-18(3)35-26(37)12-19-6-4-5-10-28(19,29)30/h7-8,13-19H,4-6,9-12H2,1-3H3,(H,31,38)(H,35,37)(H2,32,34,36)/t18-,19?/m1/s1. The van der Waals surface area contributed by atoms with Crippen LogP contribution < -0.4 is 21.3 Å². The first-order chi connectivity index (χ1) is 18.6. The highest BCUT2D eigenvalue weighted by Crippen LogP contribution is 2.40. The smallest absolute Gasteiger partial charge is 0.254 e. The largest absolute Gasteiger partial charge is 0.382 e. The molecule has 1 aliphatic carbocycles. The van der Waals surface area contributed by atoms with Crippen molar-refractivity contribution in [2.24, 2.45) is 5.92 Å². The van der Waals surface area contributed by atoms with E-state index in [2.05, 4.69) is 31.2 Å². The van der Waals surface area contributed by atoms with Gasteiger partial charge in [-0.15, -0.1) is 11.3 Å². The minimum absolute atomic E-state index is 0.0899. The second-order valence-electron chi connectivity index (χ2n) is 10.5. The molecular weight excluding hydrogens is 522 g/mol. The van der Waals surface area contributed by atoms with Crippen molar-refractivity contribution in [3.05, 3.63) is 41.5 Å². The van der Waals surface area contributed by atoms with Crippen LogP contribution in [-0.2, 0) is 4.79 Å². The number of anilines is 3. The maximum atomic E-state index is 14.1. The van der Waals surface area contributed by atoms with Gasteiger partial charge in [0.2, 0.25) is 5.91 Å². The van der Waals surface area contributed by atoms with E-state index in [-0.39, 0.29) is 36.7 Å². The zero-order valence-electron chi connectivity index (χ0n) is 22.5. The van der Waals surface area contributed by atoms with Gasteiger partial charge in [-0.2, -0.15) is 0 Å². The van der Waals surface area contributed by atoms with E-state index in [4.69, 9.17) is 0 Å². The average molecular weight is 559 g/mol. The van der Waals surface area contributed by atoms with Crippen LogP contribution in [0.5, 0.6) is 0 Å². The first kappa shape index (κ1) is 28.7. The predicted molar refractivity (Wildman–Crippen MR) is 152 cm³/mol. The van der Waals surface area contributed by atoms with Crippen LogP contribution in [0.3, 0.4) is 0 Å². The summed E-state index contributed by atoms with van der Waals surface area (Å²) in [5, 5.41) is 12.3. The molecule has 1 saturated carbocycles. The molecule has 2 aromatic heterocycles. The molecule has 0 aliphatic heterocycles. The van der Waals surface area contributed by atoms with Gasteiger partial charge in [-0.25, -0.2) is 18.7 Å². The summed E-state index contributed by atoms with van der Waals surface area (Å²) in [6, 6.07) is 7.51. The molecule has 3 aromatic rings. The van der Waals surface area contributed by atoms with Crippen molar-refractivity contribution in [3.8, 4) is 0 Å². The molecule has 2 amide bonds. The molecule has 11 heteroatoms. The van der Waals surface area contributed by atoms with E-state index in [1.807, 2.05) is 32.0 Å². The number of rotatable bonds is 11. The fourth-order valence-corrected chi connectivity index (χ4v) is 5.48. The maximum Gasteiger partial charge on any atom is 0.254 e. The Balaban J connectivity index is 1.31. The van der Waals surface area contributed by atoms with Gasteiger partial charge in [0, 0.05) is 55.3 Å². The Kier molecular flexibility index (Phi) is 9.32. The second kappa shape index (κ2) is 12.7. The molecule has 0 bridgehead atoms. The Labute approximate surface area is 231 Å². The zero-order valence-corrected chi connectivity index (χ0v) is 23.3. The third kappa shape index (κ3) is 7.84. The van der Waals surface area contributed by atoms with Gasteiger partial charge in [-0.1, -0.05) is 6.42 Å². The zero-order chi connectivity index (χ0) is 28.0. The molecule has 39 heavy (non-hydrogen) atoms. The van der Waals surface area contributed by atoms with E-state index < -0.39 is 11.8 Å². The van der Waals surface area contributed by atoms with E-state index >= 15 is 0 Å². The van der Waals surface area contributed by atoms with Crippen LogP contribution in [-0.4, -0.2) is 46.3 Å². The predicted octanol–water partition coefficient (Wildman–Crippen LogP) is 6.10. The Morgan fingerprint density at radius 1 is 1.15 bits per heavy atom. The lowest BCUT2D eigenvalue weighted by Gasteiger charge is -2.31. The van der Waals surface area contributed by atoms with Gasteiger partial charge < -0.3 is 21.3 Å². The molecule has 2 heterocycles. The number of fused-ring (bicyclic) bond motifs is 1. The van der Waals surface area contributed by atoms with Gasteiger partial charge in [0.1, 0.15) is 5.82 Å². The summed E-state index contributed by atoms with van der Waals surface area (Å²) in [6.07, 6.45) is 3.31. The summed E-state index contributed by atoms with van der Waals surface area (Å²) < 4.78 is 29.2. The third-order valence-corrected chi connectivity index (χ3v) is 7.60. The fraction of sp³-hybridized carbons (Fsp3) is 0.500. The van der Waals surface area contributed by atoms with E-state index in [1.165, 1.54) is 6.20 Å². The molecule has 0 saturated heterocycles. The molecule has 210 valence electrons. The number of hydrogen-bond donors (Lipinski definition) is 4. The molecule has 4 rings (SSSR count). The molecule has 2 atom stereocenters. The highest BCUT2D eigenvalue weighted by molar-refractivity contribution is 7.16. The van der Waals surface area contributed by atoms with E-state index in [0.717, 1.165) is 22.3 Å². The van der Waals surface area contributed by atoms with Crippen molar-refractivity contribution in [2.75, 3.05) is 17.2 Å². The van der Waals surface area contributed by atoms with Crippen molar-refractivity contribution >= 4 is 50.6 Å². The number of pyridine rings is 1. The van der Waals surface area contributed by atoms with Crippen LogP contribution in [0, 0.1) is 5.92 Å². The Morgan fingerprint density at radius 2 is 1.97 bits per heavy atom. The van der Waals surface area contributed by atoms with Crippen LogP contribution in [0.15, 0.2) is 36.0 Å². The van der Waals surface area contributed by atoms with Crippen molar-refractivity contribution < 1.29 is 18.4 Å². The number of halogens is 2. The molecular formula is C28H36F2N6O2S. The molecule has 4 N–H and O–H groups in total. The van der Waals surface area contributed by atoms with Crippen molar-refractivity contribution in [3.63, 3.8) is 0 Å². The Hall–Kier alpha value is -3.34. The Morgan fingerprint density at radius 3 is 2.74 bits per heavy atom. The number of carbonyl (C=O) groups excluding carboxylic acids is 2. The molecule has 1 aliphatic rings. The summed E-state index contributed by atoms with van der Waals surface area (Å²) in [5.41, 5.74) is 4.66. The van der Waals surface area contributed by atoms with Gasteiger partial charge in [-0.3, -0.25) is 9.59 Å². The summed E-state index contributed by atoms with van der Waals surface area (Å²) in [6.45, 7) is 6.09. The minimum Gasteiger partial charge on any atom is -0.382 e. The number of hydrogen-bond acceptors (Lipinski definition) is 7. The number of carbonyl (C=O) groups is 2. The average Bonchev–Trinajstić information content (AvgIpc) is 3.33. The lowest BCUT2D eigenvalue weighted by atomic mass is 9.83. The summed E-state index contributed by atoms with van der Waals surface area (Å²) in [4.78, 5) is 34.0. The Bertz CT molecular complexity index is 1300. The monoisotopic (exact) mass is 558 g/mol. The quantitative estimate of drug-likeness (QED) is 0.227. The molecule has 1 unspecified atom stereocenters. The minimum atomic E-state index is -2.78. The number of alkyl halides is 2. The van der Waals surface area contributed by atoms with Gasteiger partial charge in [0.15, 0.2) is 0 Å². The lowest BCUT2D eigenvalue weighted by molar-refractivity contribution is -0.131. The molecule has 0 radical (unpaired) electrons. The highest BCUT2D eigenvalue weighted by Gasteiger charge is 2.42. The highest BCUT2D eigenvalue weighted by atomic mass is 32.1. The van der Waals surface area contributed by atoms with Crippen LogP contribution in [0.2, 0.25) is 0 Å². The fourth-order valence-electron chi connectivity index (χ4n) is 4.76. The number of nitrogens with one attached hydrogen (secondary N) is 4. The molecule has 0 spiro atoms. The van der Waals surface area contributed by atoms with Crippen LogP contribution in [0.1, 0.15) is 69.7 Å². The normalized spacial score (nSPS) is 17.5. The third-order valence-electron chi connectivity index (χ3n) is 6.81. The first-order valence-electron chi connectivity index (χ1n) is 13.4. The second-order valence-corrected chi connectivity index (χ2v) is 11.4. The van der Waals surface area contributed by atoms with E-state index in [1.54, 1.807) is 29.8 Å². The summed E-state index contributed by atoms with van der Waals surface area (Å²) in [7, 11) is 0.